The quantitative estimate of drug-likeness (QED) is 0.206. The Morgan fingerprint density at radius 2 is 1.88 bits per heavy atom. The van der Waals surface area contributed by atoms with Crippen molar-refractivity contribution in [2.45, 2.75) is 18.9 Å². The van der Waals surface area contributed by atoms with Gasteiger partial charge in [0.05, 0.1) is 28.2 Å². The molecule has 3 N–H and O–H groups in total. The van der Waals surface area contributed by atoms with Crippen LogP contribution in [0.1, 0.15) is 33.5 Å². The first-order valence-electron chi connectivity index (χ1n) is 12.9. The summed E-state index contributed by atoms with van der Waals surface area (Å²) in [6.07, 6.45) is 0.624. The molecule has 0 saturated heterocycles. The number of fused-ring (bicyclic) bond motifs is 1. The van der Waals surface area contributed by atoms with E-state index in [4.69, 9.17) is 22.3 Å². The number of amides is 1. The van der Waals surface area contributed by atoms with Crippen LogP contribution in [0.15, 0.2) is 89.0 Å². The molecule has 1 amide bonds. The highest BCUT2D eigenvalue weighted by Crippen LogP contribution is 2.30. The van der Waals surface area contributed by atoms with Crippen molar-refractivity contribution in [3.8, 4) is 0 Å². The van der Waals surface area contributed by atoms with E-state index >= 15 is 0 Å². The third kappa shape index (κ3) is 6.14. The number of benzene rings is 3. The van der Waals surface area contributed by atoms with Crippen molar-refractivity contribution in [2.75, 3.05) is 18.5 Å². The SMILES string of the molecule is NCCCN(C(=O)c1cccc(F)c1F)C(Cc1cccs1)c1nc2cc(Cl)ccc2c(=O)n1Nc1ccccc1. The summed E-state index contributed by atoms with van der Waals surface area (Å²) in [4.78, 5) is 35.0. The molecular weight excluding hydrogens is 568 g/mol. The molecule has 5 rings (SSSR count). The largest absolute Gasteiger partial charge is 0.330 e. The summed E-state index contributed by atoms with van der Waals surface area (Å²) in [6.45, 7) is 0.354. The molecule has 0 bridgehead atoms. The molecule has 0 aliphatic carbocycles. The van der Waals surface area contributed by atoms with Gasteiger partial charge in [-0.05, 0) is 66.9 Å². The van der Waals surface area contributed by atoms with Crippen LogP contribution in [-0.4, -0.2) is 33.6 Å². The van der Waals surface area contributed by atoms with E-state index in [1.54, 1.807) is 30.3 Å². The zero-order valence-corrected chi connectivity index (χ0v) is 23.3. The zero-order chi connectivity index (χ0) is 28.9. The molecule has 41 heavy (non-hydrogen) atoms. The number of carbonyl (C=O) groups is 1. The summed E-state index contributed by atoms with van der Waals surface area (Å²) in [6, 6.07) is 20.2. The van der Waals surface area contributed by atoms with E-state index in [0.717, 1.165) is 10.9 Å². The number of rotatable bonds is 10. The lowest BCUT2D eigenvalue weighted by Gasteiger charge is -2.33. The Morgan fingerprint density at radius 1 is 1.07 bits per heavy atom. The van der Waals surface area contributed by atoms with Crippen LogP contribution in [-0.2, 0) is 6.42 Å². The summed E-state index contributed by atoms with van der Waals surface area (Å²) in [5.41, 5.74) is 9.07. The highest BCUT2D eigenvalue weighted by atomic mass is 35.5. The molecule has 210 valence electrons. The smallest absolute Gasteiger partial charge is 0.280 e. The van der Waals surface area contributed by atoms with Crippen LogP contribution in [0.25, 0.3) is 10.9 Å². The molecular formula is C30H26ClF2N5O2S. The molecule has 3 aromatic carbocycles. The zero-order valence-electron chi connectivity index (χ0n) is 21.8. The van der Waals surface area contributed by atoms with Crippen molar-refractivity contribution in [2.24, 2.45) is 5.73 Å². The Bertz CT molecular complexity index is 1730. The number of carbonyl (C=O) groups excluding carboxylic acids is 1. The standard InChI is InChI=1S/C30H26ClF2N5O2S/c31-19-12-13-22-25(17-19)35-28(38(30(22)40)36-20-7-2-1-3-8-20)26(18-21-9-5-16-41-21)37(15-6-14-34)29(39)23-10-4-11-24(32)27(23)33/h1-5,7-13,16-17,26,36H,6,14-15,18,34H2. The number of thiophene rings is 1. The fourth-order valence-corrected chi connectivity index (χ4v) is 5.50. The molecule has 1 atom stereocenters. The summed E-state index contributed by atoms with van der Waals surface area (Å²) in [7, 11) is 0. The Kier molecular flexibility index (Phi) is 8.72. The van der Waals surface area contributed by atoms with Gasteiger partial charge in [0.1, 0.15) is 0 Å². The van der Waals surface area contributed by atoms with Gasteiger partial charge < -0.3 is 10.6 Å². The van der Waals surface area contributed by atoms with Crippen molar-refractivity contribution in [1.29, 1.82) is 0 Å². The third-order valence-corrected chi connectivity index (χ3v) is 7.70. The number of nitrogens with zero attached hydrogens (tertiary/aromatic N) is 3. The van der Waals surface area contributed by atoms with E-state index < -0.39 is 34.7 Å². The fraction of sp³-hybridized carbons (Fsp3) is 0.167. The average Bonchev–Trinajstić information content (AvgIpc) is 3.49. The number of hydrogen-bond acceptors (Lipinski definition) is 6. The van der Waals surface area contributed by atoms with Crippen LogP contribution in [0.2, 0.25) is 5.02 Å². The van der Waals surface area contributed by atoms with Gasteiger partial charge in [0, 0.05) is 22.9 Å². The van der Waals surface area contributed by atoms with Gasteiger partial charge in [0.2, 0.25) is 0 Å². The first-order chi connectivity index (χ1) is 19.9. The number of nitrogens with one attached hydrogen (secondary N) is 1. The maximum Gasteiger partial charge on any atom is 0.280 e. The monoisotopic (exact) mass is 593 g/mol. The Hall–Kier alpha value is -4.12. The Balaban J connectivity index is 1.75. The predicted octanol–water partition coefficient (Wildman–Crippen LogP) is 6.04. The van der Waals surface area contributed by atoms with E-state index in [1.807, 2.05) is 35.7 Å². The lowest BCUT2D eigenvalue weighted by molar-refractivity contribution is 0.0656. The number of nitrogens with two attached hydrogens (primary N) is 1. The highest BCUT2D eigenvalue weighted by Gasteiger charge is 2.33. The number of anilines is 1. The number of hydrogen-bond donors (Lipinski definition) is 2. The number of aromatic nitrogens is 2. The molecule has 2 heterocycles. The molecule has 0 radical (unpaired) electrons. The molecule has 5 aromatic rings. The summed E-state index contributed by atoms with van der Waals surface area (Å²) < 4.78 is 30.4. The minimum Gasteiger partial charge on any atom is -0.330 e. The van der Waals surface area contributed by atoms with Gasteiger partial charge in [0.25, 0.3) is 11.5 Å². The van der Waals surface area contributed by atoms with Gasteiger partial charge in [-0.2, -0.15) is 0 Å². The third-order valence-electron chi connectivity index (χ3n) is 6.57. The molecule has 0 aliphatic rings. The molecule has 2 aromatic heterocycles. The predicted molar refractivity (Wildman–Crippen MR) is 158 cm³/mol. The van der Waals surface area contributed by atoms with Gasteiger partial charge in [-0.3, -0.25) is 15.0 Å². The molecule has 7 nitrogen and oxygen atoms in total. The topological polar surface area (TPSA) is 93.2 Å². The first-order valence-corrected chi connectivity index (χ1v) is 14.1. The normalized spacial score (nSPS) is 11.9. The van der Waals surface area contributed by atoms with Crippen molar-refractivity contribution >= 4 is 45.4 Å². The molecule has 0 spiro atoms. The van der Waals surface area contributed by atoms with Crippen LogP contribution in [0.4, 0.5) is 14.5 Å². The van der Waals surface area contributed by atoms with Crippen molar-refractivity contribution in [1.82, 2.24) is 14.6 Å². The van der Waals surface area contributed by atoms with Gasteiger partial charge in [-0.25, -0.2) is 18.4 Å². The Labute approximate surface area is 243 Å². The fourth-order valence-electron chi connectivity index (χ4n) is 4.59. The molecule has 11 heteroatoms. The van der Waals surface area contributed by atoms with Crippen molar-refractivity contribution in [3.05, 3.63) is 128 Å². The van der Waals surface area contributed by atoms with Gasteiger partial charge >= 0.3 is 0 Å². The van der Waals surface area contributed by atoms with Gasteiger partial charge in [-0.1, -0.05) is 41.9 Å². The first kappa shape index (κ1) is 28.4. The van der Waals surface area contributed by atoms with Crippen LogP contribution >= 0.6 is 22.9 Å². The van der Waals surface area contributed by atoms with Gasteiger partial charge in [0.15, 0.2) is 17.5 Å². The summed E-state index contributed by atoms with van der Waals surface area (Å²) in [5.74, 6) is -2.93. The maximum atomic E-state index is 14.9. The van der Waals surface area contributed by atoms with Gasteiger partial charge in [-0.15, -0.1) is 11.3 Å². The lowest BCUT2D eigenvalue weighted by Crippen LogP contribution is -2.42. The average molecular weight is 594 g/mol. The second-order valence-electron chi connectivity index (χ2n) is 9.29. The van der Waals surface area contributed by atoms with E-state index in [2.05, 4.69) is 5.43 Å². The van der Waals surface area contributed by atoms with Crippen LogP contribution in [0.3, 0.4) is 0 Å². The number of halogens is 3. The van der Waals surface area contributed by atoms with Crippen LogP contribution in [0.5, 0.6) is 0 Å². The summed E-state index contributed by atoms with van der Waals surface area (Å²) >= 11 is 7.73. The Morgan fingerprint density at radius 3 is 2.61 bits per heavy atom. The minimum absolute atomic E-state index is 0.107. The van der Waals surface area contributed by atoms with Crippen molar-refractivity contribution < 1.29 is 13.6 Å². The van der Waals surface area contributed by atoms with E-state index in [-0.39, 0.29) is 25.3 Å². The minimum atomic E-state index is -1.25. The second kappa shape index (κ2) is 12.6. The highest BCUT2D eigenvalue weighted by molar-refractivity contribution is 7.09. The molecule has 0 saturated carbocycles. The van der Waals surface area contributed by atoms with E-state index in [9.17, 15) is 18.4 Å². The molecule has 0 fully saturated rings. The maximum absolute atomic E-state index is 14.9. The molecule has 1 unspecified atom stereocenters. The summed E-state index contributed by atoms with van der Waals surface area (Å²) in [5, 5.41) is 2.59. The molecule has 0 aliphatic heterocycles. The van der Waals surface area contributed by atoms with E-state index in [0.29, 0.717) is 28.0 Å². The van der Waals surface area contributed by atoms with Crippen molar-refractivity contribution in [3.63, 3.8) is 0 Å². The van der Waals surface area contributed by atoms with Crippen LogP contribution in [0, 0.1) is 11.6 Å². The van der Waals surface area contributed by atoms with E-state index in [1.165, 1.54) is 33.0 Å². The van der Waals surface area contributed by atoms with Crippen LogP contribution < -0.4 is 16.7 Å². The second-order valence-corrected chi connectivity index (χ2v) is 10.8. The lowest BCUT2D eigenvalue weighted by atomic mass is 10.1. The number of para-hydroxylation sites is 1.